The van der Waals surface area contributed by atoms with Crippen LogP contribution in [0, 0.1) is 0 Å². The first-order valence-corrected chi connectivity index (χ1v) is 23.4. The summed E-state index contributed by atoms with van der Waals surface area (Å²) in [4.78, 5) is 2.50. The van der Waals surface area contributed by atoms with Crippen LogP contribution in [0.25, 0.3) is 50.1 Å². The number of benzene rings is 8. The maximum absolute atomic E-state index is 2.55. The zero-order valence-electron chi connectivity index (χ0n) is 38.8. The quantitative estimate of drug-likeness (QED) is 0.167. The SMILES string of the molecule is CC(C)(C)c1ccc2c(c1)C1(c3ccccc3-c3ccc(N(c4ccc(-c5cccc(C6=CC=C6)c5)cc4)c4ccc5c(c4)-c4ccccc4C5(C)C)cc31)c1cc(C(C)(C)C)ccc1-2. The summed E-state index contributed by atoms with van der Waals surface area (Å²) in [5, 5.41) is 0. The molecule has 4 aliphatic rings. The number of hydrogen-bond acceptors (Lipinski definition) is 1. The van der Waals surface area contributed by atoms with E-state index in [2.05, 4.69) is 248 Å². The molecule has 0 aliphatic heterocycles. The van der Waals surface area contributed by atoms with Gasteiger partial charge in [0.05, 0.1) is 5.41 Å². The van der Waals surface area contributed by atoms with Gasteiger partial charge in [-0.2, -0.15) is 0 Å². The molecule has 0 heterocycles. The van der Waals surface area contributed by atoms with E-state index < -0.39 is 5.41 Å². The highest BCUT2D eigenvalue weighted by Gasteiger charge is 2.52. The Hall–Kier alpha value is -6.96. The van der Waals surface area contributed by atoms with Crippen LogP contribution in [0.5, 0.6) is 0 Å². The Balaban J connectivity index is 1.10. The minimum atomic E-state index is -0.498. The van der Waals surface area contributed by atoms with E-state index in [0.29, 0.717) is 0 Å². The lowest BCUT2D eigenvalue weighted by Crippen LogP contribution is -2.27. The van der Waals surface area contributed by atoms with Crippen molar-refractivity contribution in [2.75, 3.05) is 4.90 Å². The number of anilines is 3. The second-order valence-corrected chi connectivity index (χ2v) is 21.4. The van der Waals surface area contributed by atoms with Crippen molar-refractivity contribution in [2.24, 2.45) is 0 Å². The van der Waals surface area contributed by atoms with Gasteiger partial charge in [-0.1, -0.05) is 201 Å². The summed E-state index contributed by atoms with van der Waals surface area (Å²) in [6.45, 7) is 18.8. The second kappa shape index (κ2) is 13.8. The lowest BCUT2D eigenvalue weighted by molar-refractivity contribution is 0.586. The molecule has 65 heavy (non-hydrogen) atoms. The molecular formula is C64H55N. The maximum atomic E-state index is 2.55. The fourth-order valence-electron chi connectivity index (χ4n) is 11.6. The first-order valence-electron chi connectivity index (χ1n) is 23.4. The Labute approximate surface area is 385 Å². The molecule has 0 saturated carbocycles. The molecule has 8 aromatic carbocycles. The molecule has 0 unspecified atom stereocenters. The average molecular weight is 838 g/mol. The number of nitrogens with zero attached hydrogens (tertiary/aromatic N) is 1. The largest absolute Gasteiger partial charge is 0.310 e. The summed E-state index contributed by atoms with van der Waals surface area (Å²) in [5.74, 6) is 0. The van der Waals surface area contributed by atoms with Gasteiger partial charge in [-0.25, -0.2) is 0 Å². The molecule has 0 saturated heterocycles. The van der Waals surface area contributed by atoms with Gasteiger partial charge in [0.1, 0.15) is 0 Å². The van der Waals surface area contributed by atoms with E-state index >= 15 is 0 Å². The molecule has 0 amide bonds. The summed E-state index contributed by atoms with van der Waals surface area (Å²) in [7, 11) is 0. The van der Waals surface area contributed by atoms with Crippen LogP contribution in [0.15, 0.2) is 188 Å². The molecule has 0 fully saturated rings. The van der Waals surface area contributed by atoms with E-state index in [-0.39, 0.29) is 16.2 Å². The molecule has 0 N–H and O–H groups in total. The first-order chi connectivity index (χ1) is 31.2. The highest BCUT2D eigenvalue weighted by atomic mass is 15.1. The van der Waals surface area contributed by atoms with Crippen molar-refractivity contribution in [3.63, 3.8) is 0 Å². The zero-order chi connectivity index (χ0) is 44.6. The third-order valence-corrected chi connectivity index (χ3v) is 15.2. The van der Waals surface area contributed by atoms with E-state index in [0.717, 1.165) is 17.1 Å². The van der Waals surface area contributed by atoms with Crippen molar-refractivity contribution in [3.05, 3.63) is 238 Å². The van der Waals surface area contributed by atoms with Gasteiger partial charge in [0, 0.05) is 22.5 Å². The Morgan fingerprint density at radius 3 is 1.48 bits per heavy atom. The fourth-order valence-corrected chi connectivity index (χ4v) is 11.6. The molecule has 0 radical (unpaired) electrons. The smallest absolute Gasteiger partial charge is 0.0726 e. The van der Waals surface area contributed by atoms with Crippen LogP contribution < -0.4 is 4.90 Å². The van der Waals surface area contributed by atoms with Crippen LogP contribution in [0.4, 0.5) is 17.1 Å². The predicted molar refractivity (Wildman–Crippen MR) is 275 cm³/mol. The molecule has 1 spiro atoms. The van der Waals surface area contributed by atoms with Crippen molar-refractivity contribution >= 4 is 22.6 Å². The van der Waals surface area contributed by atoms with Crippen molar-refractivity contribution in [2.45, 2.75) is 77.0 Å². The molecule has 0 bridgehead atoms. The Bertz CT molecular complexity index is 3290. The van der Waals surface area contributed by atoms with Crippen LogP contribution in [0.2, 0.25) is 0 Å². The fraction of sp³-hybridized carbons (Fsp3) is 0.188. The Morgan fingerprint density at radius 2 is 0.862 bits per heavy atom. The minimum absolute atomic E-state index is 0.0130. The predicted octanol–water partition coefficient (Wildman–Crippen LogP) is 17.0. The van der Waals surface area contributed by atoms with Gasteiger partial charge >= 0.3 is 0 Å². The van der Waals surface area contributed by atoms with Gasteiger partial charge in [0.25, 0.3) is 0 Å². The number of allylic oxidation sites excluding steroid dienone is 4. The molecule has 12 rings (SSSR count). The number of fused-ring (bicyclic) bond motifs is 13. The average Bonchev–Trinajstić information content (AvgIpc) is 3.83. The molecule has 1 heteroatoms. The summed E-state index contributed by atoms with van der Waals surface area (Å²) in [6, 6.07) is 65.5. The minimum Gasteiger partial charge on any atom is -0.310 e. The number of hydrogen-bond donors (Lipinski definition) is 0. The van der Waals surface area contributed by atoms with E-state index in [1.54, 1.807) is 0 Å². The Morgan fingerprint density at radius 1 is 0.369 bits per heavy atom. The van der Waals surface area contributed by atoms with Gasteiger partial charge in [0.2, 0.25) is 0 Å². The van der Waals surface area contributed by atoms with Gasteiger partial charge in [-0.05, 0) is 153 Å². The first kappa shape index (κ1) is 39.6. The van der Waals surface area contributed by atoms with Gasteiger partial charge in [-0.3, -0.25) is 0 Å². The lowest BCUT2D eigenvalue weighted by atomic mass is 9.68. The van der Waals surface area contributed by atoms with E-state index in [9.17, 15) is 0 Å². The van der Waals surface area contributed by atoms with Crippen molar-refractivity contribution in [3.8, 4) is 44.5 Å². The van der Waals surface area contributed by atoms with Crippen LogP contribution in [-0.2, 0) is 21.7 Å². The molecule has 316 valence electrons. The number of rotatable bonds is 5. The second-order valence-electron chi connectivity index (χ2n) is 21.4. The normalized spacial score (nSPS) is 15.4. The molecule has 4 aliphatic carbocycles. The van der Waals surface area contributed by atoms with Gasteiger partial charge < -0.3 is 4.90 Å². The summed E-state index contributed by atoms with van der Waals surface area (Å²) < 4.78 is 0. The Kier molecular flexibility index (Phi) is 8.40. The van der Waals surface area contributed by atoms with Crippen LogP contribution in [-0.4, -0.2) is 0 Å². The van der Waals surface area contributed by atoms with E-state index in [4.69, 9.17) is 0 Å². The molecule has 0 atom stereocenters. The van der Waals surface area contributed by atoms with Crippen LogP contribution >= 0.6 is 0 Å². The third kappa shape index (κ3) is 5.77. The molecule has 0 aromatic heterocycles. The monoisotopic (exact) mass is 837 g/mol. The lowest BCUT2D eigenvalue weighted by Gasteiger charge is -2.34. The van der Waals surface area contributed by atoms with Crippen molar-refractivity contribution in [1.82, 2.24) is 0 Å². The van der Waals surface area contributed by atoms with Crippen molar-refractivity contribution < 1.29 is 0 Å². The summed E-state index contributed by atoms with van der Waals surface area (Å²) >= 11 is 0. The standard InChI is InChI=1S/C64H55N/c1-61(2,3)44-25-31-51-52-32-26-45(62(4,5)6)37-59(52)64(58(51)36-44)57-22-12-10-19-49(57)53-33-29-48(39-60(53)64)65(47-30-34-56-54(38-47)50-20-9-11-21-55(50)63(56,7)8)46-27-23-41(24-28-46)43-18-14-17-42(35-43)40-15-13-16-40/h9-39H,1-8H3. The van der Waals surface area contributed by atoms with E-state index in [1.165, 1.54) is 100 Å². The zero-order valence-corrected chi connectivity index (χ0v) is 38.8. The molecule has 8 aromatic rings. The summed E-state index contributed by atoms with van der Waals surface area (Å²) in [5.41, 5.74) is 26.7. The van der Waals surface area contributed by atoms with Crippen LogP contribution in [0.1, 0.15) is 105 Å². The third-order valence-electron chi connectivity index (χ3n) is 15.2. The van der Waals surface area contributed by atoms with E-state index in [1.807, 2.05) is 0 Å². The van der Waals surface area contributed by atoms with Crippen LogP contribution in [0.3, 0.4) is 0 Å². The maximum Gasteiger partial charge on any atom is 0.0726 e. The van der Waals surface area contributed by atoms with Gasteiger partial charge in [-0.15, -0.1) is 0 Å². The van der Waals surface area contributed by atoms with Gasteiger partial charge in [0.15, 0.2) is 0 Å². The molecular weight excluding hydrogens is 783 g/mol. The van der Waals surface area contributed by atoms with Crippen molar-refractivity contribution in [1.29, 1.82) is 0 Å². The highest BCUT2D eigenvalue weighted by molar-refractivity contribution is 5.97. The topological polar surface area (TPSA) is 3.24 Å². The summed E-state index contributed by atoms with van der Waals surface area (Å²) in [6.07, 6.45) is 6.48. The highest BCUT2D eigenvalue weighted by Crippen LogP contribution is 2.64. The molecule has 1 nitrogen and oxygen atoms in total.